The van der Waals surface area contributed by atoms with Crippen molar-refractivity contribution in [2.75, 3.05) is 33.3 Å². The number of rotatable bonds is 7. The third-order valence-corrected chi connectivity index (χ3v) is 8.64. The molecule has 4 rings (SSSR count). The van der Waals surface area contributed by atoms with Gasteiger partial charge in [-0.15, -0.1) is 0 Å². The maximum Gasteiger partial charge on any atom is 0.308 e. The molecule has 0 atom stereocenters. The molecule has 1 aliphatic rings. The summed E-state index contributed by atoms with van der Waals surface area (Å²) in [6, 6.07) is 12.2. The lowest BCUT2D eigenvalue weighted by atomic mass is 10.1. The van der Waals surface area contributed by atoms with Crippen molar-refractivity contribution in [3.8, 4) is 5.75 Å². The lowest BCUT2D eigenvalue weighted by Gasteiger charge is -2.34. The van der Waals surface area contributed by atoms with Crippen LogP contribution in [0.5, 0.6) is 5.75 Å². The topological polar surface area (TPSA) is 88.9 Å². The first-order chi connectivity index (χ1) is 15.8. The first kappa shape index (κ1) is 23.5. The van der Waals surface area contributed by atoms with E-state index in [-0.39, 0.29) is 35.2 Å². The molecule has 2 aromatic carbocycles. The summed E-state index contributed by atoms with van der Waals surface area (Å²) in [5.41, 5.74) is 1.62. The van der Waals surface area contributed by atoms with Gasteiger partial charge in [0.25, 0.3) is 0 Å². The highest BCUT2D eigenvalue weighted by molar-refractivity contribution is 7.89. The number of thiazole rings is 1. The van der Waals surface area contributed by atoms with Crippen LogP contribution >= 0.6 is 11.3 Å². The van der Waals surface area contributed by atoms with Gasteiger partial charge in [0.1, 0.15) is 5.75 Å². The van der Waals surface area contributed by atoms with E-state index in [0.717, 1.165) is 28.8 Å². The zero-order chi connectivity index (χ0) is 23.6. The molecule has 1 aromatic heterocycles. The van der Waals surface area contributed by atoms with Gasteiger partial charge in [-0.25, -0.2) is 8.42 Å². The third kappa shape index (κ3) is 4.83. The zero-order valence-corrected chi connectivity index (χ0v) is 20.3. The molecule has 0 radical (unpaired) electrons. The van der Waals surface area contributed by atoms with E-state index in [1.165, 1.54) is 4.31 Å². The first-order valence-corrected chi connectivity index (χ1v) is 13.1. The van der Waals surface area contributed by atoms with Crippen LogP contribution in [0.2, 0.25) is 0 Å². The Morgan fingerprint density at radius 3 is 2.55 bits per heavy atom. The fourth-order valence-electron chi connectivity index (χ4n) is 4.04. The number of aryl methyl sites for hydroxylation is 1. The van der Waals surface area contributed by atoms with Crippen LogP contribution in [-0.2, 0) is 27.8 Å². The van der Waals surface area contributed by atoms with Gasteiger partial charge in [0.2, 0.25) is 15.9 Å². The first-order valence-electron chi connectivity index (χ1n) is 10.9. The monoisotopic (exact) mass is 489 g/mol. The Bertz CT molecular complexity index is 1320. The molecule has 10 heteroatoms. The maximum absolute atomic E-state index is 13.2. The molecule has 0 unspecified atom stereocenters. The van der Waals surface area contributed by atoms with Gasteiger partial charge in [0.15, 0.2) is 0 Å². The number of ether oxygens (including phenoxy) is 1. The van der Waals surface area contributed by atoms with E-state index in [1.54, 1.807) is 34.8 Å². The van der Waals surface area contributed by atoms with Crippen molar-refractivity contribution < 1.29 is 17.9 Å². The Hall–Kier alpha value is -2.69. The molecule has 33 heavy (non-hydrogen) atoms. The molecule has 1 aliphatic heterocycles. The van der Waals surface area contributed by atoms with Crippen molar-refractivity contribution in [2.24, 2.45) is 0 Å². The van der Waals surface area contributed by atoms with Crippen LogP contribution in [0.3, 0.4) is 0 Å². The maximum atomic E-state index is 13.2. The summed E-state index contributed by atoms with van der Waals surface area (Å²) in [6.07, 6.45) is 1.07. The predicted octanol–water partition coefficient (Wildman–Crippen LogP) is 2.56. The molecular weight excluding hydrogens is 462 g/mol. The summed E-state index contributed by atoms with van der Waals surface area (Å²) in [4.78, 5) is 26.7. The van der Waals surface area contributed by atoms with Gasteiger partial charge >= 0.3 is 4.87 Å². The van der Waals surface area contributed by atoms with Crippen LogP contribution in [0.4, 0.5) is 0 Å². The summed E-state index contributed by atoms with van der Waals surface area (Å²) in [7, 11) is -2.13. The largest absolute Gasteiger partial charge is 0.497 e. The molecule has 0 aliphatic carbocycles. The lowest BCUT2D eigenvalue weighted by Crippen LogP contribution is -2.50. The Morgan fingerprint density at radius 2 is 1.85 bits per heavy atom. The number of sulfonamides is 1. The number of piperazine rings is 1. The van der Waals surface area contributed by atoms with Crippen molar-refractivity contribution >= 4 is 37.5 Å². The van der Waals surface area contributed by atoms with E-state index in [1.807, 2.05) is 31.2 Å². The van der Waals surface area contributed by atoms with E-state index in [9.17, 15) is 18.0 Å². The summed E-state index contributed by atoms with van der Waals surface area (Å²) < 4.78 is 35.4. The normalized spacial score (nSPS) is 15.2. The highest BCUT2D eigenvalue weighted by Crippen LogP contribution is 2.25. The number of benzene rings is 2. The minimum atomic E-state index is -3.71. The fraction of sp³-hybridized carbons (Fsp3) is 0.391. The van der Waals surface area contributed by atoms with E-state index in [2.05, 4.69) is 0 Å². The summed E-state index contributed by atoms with van der Waals surface area (Å²) in [5.74, 6) is 0.659. The smallest absolute Gasteiger partial charge is 0.308 e. The van der Waals surface area contributed by atoms with Crippen molar-refractivity contribution in [1.82, 2.24) is 13.8 Å². The second-order valence-electron chi connectivity index (χ2n) is 7.96. The van der Waals surface area contributed by atoms with Gasteiger partial charge in [-0.05, 0) is 42.3 Å². The number of nitrogens with zero attached hydrogens (tertiary/aromatic N) is 3. The minimum absolute atomic E-state index is 0.0382. The average Bonchev–Trinajstić information content (AvgIpc) is 3.13. The molecule has 8 nitrogen and oxygen atoms in total. The van der Waals surface area contributed by atoms with Crippen LogP contribution in [-0.4, -0.2) is 61.4 Å². The SMILES string of the molecule is CCCn1c(=O)sc2cc(S(=O)(=O)N3CCN(C(=O)Cc4cccc(OC)c4)CC3)ccc21. The number of hydrogen-bond donors (Lipinski definition) is 0. The molecule has 0 bridgehead atoms. The van der Waals surface area contributed by atoms with Gasteiger partial charge in [0, 0.05) is 32.7 Å². The number of aromatic nitrogens is 1. The molecule has 1 amide bonds. The van der Waals surface area contributed by atoms with Crippen molar-refractivity contribution in [1.29, 1.82) is 0 Å². The Labute approximate surface area is 197 Å². The van der Waals surface area contributed by atoms with Gasteiger partial charge in [0.05, 0.1) is 28.6 Å². The molecular formula is C23H27N3O5S2. The van der Waals surface area contributed by atoms with E-state index in [0.29, 0.717) is 30.1 Å². The lowest BCUT2D eigenvalue weighted by molar-refractivity contribution is -0.131. The summed E-state index contributed by atoms with van der Waals surface area (Å²) >= 11 is 1.07. The molecule has 176 valence electrons. The van der Waals surface area contributed by atoms with Crippen molar-refractivity contribution in [3.05, 3.63) is 57.7 Å². The molecule has 0 N–H and O–H groups in total. The van der Waals surface area contributed by atoms with Crippen LogP contribution in [0.25, 0.3) is 10.2 Å². The second-order valence-corrected chi connectivity index (χ2v) is 10.9. The zero-order valence-electron chi connectivity index (χ0n) is 18.7. The molecule has 1 saturated heterocycles. The Morgan fingerprint density at radius 1 is 1.09 bits per heavy atom. The molecule has 3 aromatic rings. The minimum Gasteiger partial charge on any atom is -0.497 e. The van der Waals surface area contributed by atoms with E-state index < -0.39 is 10.0 Å². The number of amides is 1. The van der Waals surface area contributed by atoms with Gasteiger partial charge in [-0.2, -0.15) is 4.31 Å². The van der Waals surface area contributed by atoms with Crippen LogP contribution in [0.1, 0.15) is 18.9 Å². The van der Waals surface area contributed by atoms with Crippen LogP contribution in [0, 0.1) is 0 Å². The quantitative estimate of drug-likeness (QED) is 0.509. The molecule has 0 saturated carbocycles. The van der Waals surface area contributed by atoms with Crippen LogP contribution < -0.4 is 9.61 Å². The number of fused-ring (bicyclic) bond motifs is 1. The number of carbonyl (C=O) groups excluding carboxylic acids is 1. The van der Waals surface area contributed by atoms with Crippen molar-refractivity contribution in [2.45, 2.75) is 31.2 Å². The Balaban J connectivity index is 1.44. The van der Waals surface area contributed by atoms with Gasteiger partial charge in [-0.3, -0.25) is 14.2 Å². The number of carbonyl (C=O) groups is 1. The standard InChI is InChI=1S/C23H27N3O5S2/c1-3-9-26-20-8-7-19(16-21(20)32-23(26)28)33(29,30)25-12-10-24(11-13-25)22(27)15-17-5-4-6-18(14-17)31-2/h4-8,14,16H,3,9-13,15H2,1-2H3. The fourth-order valence-corrected chi connectivity index (χ4v) is 6.52. The third-order valence-electron chi connectivity index (χ3n) is 5.81. The highest BCUT2D eigenvalue weighted by Gasteiger charge is 2.30. The second kappa shape index (κ2) is 9.66. The summed E-state index contributed by atoms with van der Waals surface area (Å²) in [5, 5.41) is 0. The Kier molecular flexibility index (Phi) is 6.87. The average molecular weight is 490 g/mol. The predicted molar refractivity (Wildman–Crippen MR) is 128 cm³/mol. The van der Waals surface area contributed by atoms with Crippen LogP contribution in [0.15, 0.2) is 52.2 Å². The van der Waals surface area contributed by atoms with Gasteiger partial charge < -0.3 is 9.64 Å². The number of hydrogen-bond acceptors (Lipinski definition) is 6. The molecule has 1 fully saturated rings. The molecule has 2 heterocycles. The van der Waals surface area contributed by atoms with Gasteiger partial charge in [-0.1, -0.05) is 30.4 Å². The summed E-state index contributed by atoms with van der Waals surface area (Å²) in [6.45, 7) is 3.75. The molecule has 0 spiro atoms. The number of methoxy groups -OCH3 is 1. The highest BCUT2D eigenvalue weighted by atomic mass is 32.2. The van der Waals surface area contributed by atoms with E-state index >= 15 is 0 Å². The van der Waals surface area contributed by atoms with E-state index in [4.69, 9.17) is 4.74 Å². The van der Waals surface area contributed by atoms with Crippen molar-refractivity contribution in [3.63, 3.8) is 0 Å².